The Labute approximate surface area is 126 Å². The fourth-order valence-corrected chi connectivity index (χ4v) is 3.19. The van der Waals surface area contributed by atoms with Crippen LogP contribution in [0.5, 0.6) is 0 Å². The standard InChI is InChI=1S/C15H26N2O4/c1-5-20-12(18)11-8-16-9-15(11)6-7-17(10-15)13(19)21-14(2,3)4/h11,16H,5-10H2,1-4H3/t11-,15-/m1/s1. The first-order chi connectivity index (χ1) is 9.77. The summed E-state index contributed by atoms with van der Waals surface area (Å²) in [5.74, 6) is -0.335. The van der Waals surface area contributed by atoms with Gasteiger partial charge in [0.2, 0.25) is 0 Å². The number of ether oxygens (including phenoxy) is 2. The minimum absolute atomic E-state index is 0.159. The van der Waals surface area contributed by atoms with Crippen LogP contribution in [0, 0.1) is 11.3 Å². The molecule has 2 fully saturated rings. The average Bonchev–Trinajstić information content (AvgIpc) is 2.96. The van der Waals surface area contributed by atoms with E-state index in [2.05, 4.69) is 5.32 Å². The van der Waals surface area contributed by atoms with Crippen molar-refractivity contribution < 1.29 is 19.1 Å². The molecule has 2 rings (SSSR count). The van der Waals surface area contributed by atoms with Crippen molar-refractivity contribution in [2.45, 2.75) is 39.7 Å². The van der Waals surface area contributed by atoms with Crippen molar-refractivity contribution in [3.8, 4) is 0 Å². The monoisotopic (exact) mass is 298 g/mol. The van der Waals surface area contributed by atoms with Gasteiger partial charge >= 0.3 is 12.1 Å². The van der Waals surface area contributed by atoms with Crippen LogP contribution in [0.2, 0.25) is 0 Å². The number of nitrogens with zero attached hydrogens (tertiary/aromatic N) is 1. The lowest BCUT2D eigenvalue weighted by Gasteiger charge is -2.29. The van der Waals surface area contributed by atoms with E-state index in [0.29, 0.717) is 26.2 Å². The summed E-state index contributed by atoms with van der Waals surface area (Å²) < 4.78 is 10.6. The minimum Gasteiger partial charge on any atom is -0.466 e. The molecule has 1 N–H and O–H groups in total. The molecule has 0 aliphatic carbocycles. The fraction of sp³-hybridized carbons (Fsp3) is 0.867. The van der Waals surface area contributed by atoms with Gasteiger partial charge in [0.1, 0.15) is 5.60 Å². The molecule has 2 saturated heterocycles. The molecule has 21 heavy (non-hydrogen) atoms. The second kappa shape index (κ2) is 5.83. The lowest BCUT2D eigenvalue weighted by atomic mass is 9.77. The predicted molar refractivity (Wildman–Crippen MR) is 77.8 cm³/mol. The predicted octanol–water partition coefficient (Wildman–Crippen LogP) is 1.40. The zero-order valence-corrected chi connectivity index (χ0v) is 13.4. The molecule has 0 aromatic heterocycles. The molecule has 6 nitrogen and oxygen atoms in total. The molecule has 120 valence electrons. The van der Waals surface area contributed by atoms with E-state index in [1.54, 1.807) is 4.90 Å². The third-order valence-corrected chi connectivity index (χ3v) is 4.17. The summed E-state index contributed by atoms with van der Waals surface area (Å²) >= 11 is 0. The van der Waals surface area contributed by atoms with Gasteiger partial charge in [-0.1, -0.05) is 0 Å². The minimum atomic E-state index is -0.499. The summed E-state index contributed by atoms with van der Waals surface area (Å²) in [7, 11) is 0. The molecule has 1 spiro atoms. The number of esters is 1. The molecule has 6 heteroatoms. The van der Waals surface area contributed by atoms with Gasteiger partial charge in [0.25, 0.3) is 0 Å². The van der Waals surface area contributed by atoms with Crippen LogP contribution < -0.4 is 5.32 Å². The van der Waals surface area contributed by atoms with Crippen molar-refractivity contribution in [2.75, 3.05) is 32.8 Å². The van der Waals surface area contributed by atoms with E-state index in [1.807, 2.05) is 27.7 Å². The van der Waals surface area contributed by atoms with E-state index in [0.717, 1.165) is 13.0 Å². The molecular formula is C15H26N2O4. The molecule has 2 heterocycles. The molecule has 0 aromatic carbocycles. The normalized spacial score (nSPS) is 29.0. The van der Waals surface area contributed by atoms with Gasteiger partial charge in [-0.2, -0.15) is 0 Å². The van der Waals surface area contributed by atoms with Crippen molar-refractivity contribution >= 4 is 12.1 Å². The third kappa shape index (κ3) is 3.48. The first-order valence-electron chi connectivity index (χ1n) is 7.63. The van der Waals surface area contributed by atoms with Crippen LogP contribution in [-0.2, 0) is 14.3 Å². The zero-order valence-electron chi connectivity index (χ0n) is 13.4. The van der Waals surface area contributed by atoms with Crippen LogP contribution in [0.3, 0.4) is 0 Å². The van der Waals surface area contributed by atoms with Gasteiger partial charge < -0.3 is 19.7 Å². The van der Waals surface area contributed by atoms with Gasteiger partial charge in [-0.05, 0) is 34.1 Å². The van der Waals surface area contributed by atoms with Crippen molar-refractivity contribution in [2.24, 2.45) is 11.3 Å². The summed E-state index contributed by atoms with van der Waals surface area (Å²) in [6, 6.07) is 0. The van der Waals surface area contributed by atoms with E-state index >= 15 is 0 Å². The molecule has 0 unspecified atom stereocenters. The third-order valence-electron chi connectivity index (χ3n) is 4.17. The van der Waals surface area contributed by atoms with E-state index in [4.69, 9.17) is 9.47 Å². The molecule has 1 amide bonds. The van der Waals surface area contributed by atoms with E-state index in [-0.39, 0.29) is 23.4 Å². The van der Waals surface area contributed by atoms with E-state index in [9.17, 15) is 9.59 Å². The van der Waals surface area contributed by atoms with Crippen molar-refractivity contribution in [3.63, 3.8) is 0 Å². The maximum Gasteiger partial charge on any atom is 0.410 e. The lowest BCUT2D eigenvalue weighted by Crippen LogP contribution is -2.41. The number of carbonyl (C=O) groups is 2. The highest BCUT2D eigenvalue weighted by atomic mass is 16.6. The van der Waals surface area contributed by atoms with Crippen LogP contribution >= 0.6 is 0 Å². The Morgan fingerprint density at radius 3 is 2.71 bits per heavy atom. The fourth-order valence-electron chi connectivity index (χ4n) is 3.19. The van der Waals surface area contributed by atoms with Gasteiger partial charge in [-0.15, -0.1) is 0 Å². The summed E-state index contributed by atoms with van der Waals surface area (Å²) in [5, 5.41) is 3.27. The lowest BCUT2D eigenvalue weighted by molar-refractivity contribution is -0.150. The number of amides is 1. The first kappa shape index (κ1) is 16.1. The highest BCUT2D eigenvalue weighted by Crippen LogP contribution is 2.41. The first-order valence-corrected chi connectivity index (χ1v) is 7.63. The molecule has 2 atom stereocenters. The van der Waals surface area contributed by atoms with Crippen molar-refractivity contribution in [1.29, 1.82) is 0 Å². The zero-order chi connectivity index (χ0) is 15.7. The largest absolute Gasteiger partial charge is 0.466 e. The van der Waals surface area contributed by atoms with Crippen LogP contribution in [0.15, 0.2) is 0 Å². The van der Waals surface area contributed by atoms with Crippen LogP contribution in [-0.4, -0.2) is 55.3 Å². The second-order valence-corrected chi connectivity index (χ2v) is 6.95. The Balaban J connectivity index is 2.02. The number of rotatable bonds is 2. The Kier molecular flexibility index (Phi) is 4.46. The van der Waals surface area contributed by atoms with Crippen molar-refractivity contribution in [1.82, 2.24) is 10.2 Å². The summed E-state index contributed by atoms with van der Waals surface area (Å²) in [5.41, 5.74) is -0.704. The maximum absolute atomic E-state index is 12.2. The van der Waals surface area contributed by atoms with Gasteiger partial charge in [0, 0.05) is 31.6 Å². The quantitative estimate of drug-likeness (QED) is 0.780. The highest BCUT2D eigenvalue weighted by Gasteiger charge is 2.52. The van der Waals surface area contributed by atoms with E-state index in [1.165, 1.54) is 0 Å². The SMILES string of the molecule is CCOC(=O)[C@H]1CNC[C@@]12CCN(C(=O)OC(C)(C)C)C2. The van der Waals surface area contributed by atoms with Gasteiger partial charge in [0.05, 0.1) is 12.5 Å². The Hall–Kier alpha value is -1.30. The number of hydrogen-bond acceptors (Lipinski definition) is 5. The Bertz CT molecular complexity index is 418. The molecular weight excluding hydrogens is 272 g/mol. The molecule has 0 radical (unpaired) electrons. The van der Waals surface area contributed by atoms with Gasteiger partial charge in [0.15, 0.2) is 0 Å². The number of hydrogen-bond donors (Lipinski definition) is 1. The highest BCUT2D eigenvalue weighted by molar-refractivity contribution is 5.75. The Morgan fingerprint density at radius 1 is 1.38 bits per heavy atom. The Morgan fingerprint density at radius 2 is 2.10 bits per heavy atom. The summed E-state index contributed by atoms with van der Waals surface area (Å²) in [6.45, 7) is 10.3. The number of carbonyl (C=O) groups excluding carboxylic acids is 2. The van der Waals surface area contributed by atoms with Gasteiger partial charge in [-0.25, -0.2) is 4.79 Å². The molecule has 2 aliphatic heterocycles. The van der Waals surface area contributed by atoms with Crippen molar-refractivity contribution in [3.05, 3.63) is 0 Å². The second-order valence-electron chi connectivity index (χ2n) is 6.95. The maximum atomic E-state index is 12.2. The van der Waals surface area contributed by atoms with Crippen LogP contribution in [0.25, 0.3) is 0 Å². The van der Waals surface area contributed by atoms with Crippen LogP contribution in [0.4, 0.5) is 4.79 Å². The van der Waals surface area contributed by atoms with Crippen LogP contribution in [0.1, 0.15) is 34.1 Å². The molecule has 2 aliphatic rings. The molecule has 0 aromatic rings. The average molecular weight is 298 g/mol. The topological polar surface area (TPSA) is 67.9 Å². The molecule has 0 saturated carbocycles. The van der Waals surface area contributed by atoms with E-state index < -0.39 is 5.60 Å². The summed E-state index contributed by atoms with van der Waals surface area (Å²) in [4.78, 5) is 26.0. The summed E-state index contributed by atoms with van der Waals surface area (Å²) in [6.07, 6.45) is 0.511. The van der Waals surface area contributed by atoms with Gasteiger partial charge in [-0.3, -0.25) is 4.79 Å². The number of nitrogens with one attached hydrogen (secondary N) is 1. The number of likely N-dealkylation sites (tertiary alicyclic amines) is 1. The molecule has 0 bridgehead atoms. The smallest absolute Gasteiger partial charge is 0.410 e.